The van der Waals surface area contributed by atoms with Gasteiger partial charge in [0.1, 0.15) is 0 Å². The van der Waals surface area contributed by atoms with E-state index in [1.54, 1.807) is 0 Å². The van der Waals surface area contributed by atoms with Crippen molar-refractivity contribution in [1.29, 1.82) is 0 Å². The van der Waals surface area contributed by atoms with Crippen molar-refractivity contribution in [1.82, 2.24) is 0 Å². The Morgan fingerprint density at radius 1 is 0.368 bits per heavy atom. The first-order chi connectivity index (χ1) is 17.8. The fourth-order valence-corrected chi connectivity index (χ4v) is 16.8. The Balaban J connectivity index is 2.24. The van der Waals surface area contributed by atoms with Crippen molar-refractivity contribution in [2.75, 3.05) is 10.0 Å². The van der Waals surface area contributed by atoms with Gasteiger partial charge in [-0.1, -0.05) is 31.9 Å². The van der Waals surface area contributed by atoms with Crippen LogP contribution in [-0.4, -0.2) is 0 Å². The summed E-state index contributed by atoms with van der Waals surface area (Å²) in [5, 5.41) is 4.59. The van der Waals surface area contributed by atoms with Crippen LogP contribution in [0.25, 0.3) is 0 Å². The van der Waals surface area contributed by atoms with Gasteiger partial charge in [0.2, 0.25) is 0 Å². The van der Waals surface area contributed by atoms with Crippen molar-refractivity contribution in [3.05, 3.63) is 96.8 Å². The summed E-state index contributed by atoms with van der Waals surface area (Å²) in [5.74, 6) is 0. The number of hydrazine groups is 1. The lowest BCUT2D eigenvalue weighted by molar-refractivity contribution is 0.960. The number of benzene rings is 4. The summed E-state index contributed by atoms with van der Waals surface area (Å²) in [6, 6.07) is 17.1. The molecule has 14 heteroatoms. The van der Waals surface area contributed by atoms with Crippen LogP contribution in [0.2, 0.25) is 0 Å². The minimum absolute atomic E-state index is 0.927. The molecule has 4 aromatic carbocycles. The van der Waals surface area contributed by atoms with Gasteiger partial charge in [0.15, 0.2) is 0 Å². The molecule has 0 spiro atoms. The monoisotopic (exact) mass is 1560 g/mol. The van der Waals surface area contributed by atoms with E-state index in [1.165, 1.54) is 7.14 Å². The first kappa shape index (κ1) is 34.6. The minimum Gasteiger partial charge on any atom is -0.245 e. The maximum atomic E-state index is 3.89. The second-order valence-corrected chi connectivity index (χ2v) is 19.9. The Morgan fingerprint density at radius 3 is 0.868 bits per heavy atom. The fourth-order valence-electron chi connectivity index (χ4n) is 3.57. The Morgan fingerprint density at radius 2 is 0.605 bits per heavy atom. The molecule has 0 fully saturated rings. The molecular formula is C24H8Br6I6N2. The fraction of sp³-hybridized carbons (Fsp3) is 0. The third-order valence-electron chi connectivity index (χ3n) is 4.97. The Hall–Kier alpha value is 3.74. The van der Waals surface area contributed by atoms with E-state index in [-0.39, 0.29) is 0 Å². The van der Waals surface area contributed by atoms with Crippen LogP contribution in [0.5, 0.6) is 0 Å². The normalized spacial score (nSPS) is 11.2. The third kappa shape index (κ3) is 7.75. The number of nitrogens with zero attached hydrogens (tertiary/aromatic N) is 2. The van der Waals surface area contributed by atoms with Crippen LogP contribution in [0.15, 0.2) is 75.4 Å². The van der Waals surface area contributed by atoms with Crippen LogP contribution in [-0.2, 0) is 0 Å². The molecule has 0 aliphatic rings. The van der Waals surface area contributed by atoms with Gasteiger partial charge in [-0.05, 0) is 248 Å². The molecule has 0 atom stereocenters. The van der Waals surface area contributed by atoms with Gasteiger partial charge in [0.05, 0.1) is 22.7 Å². The summed E-state index contributed by atoms with van der Waals surface area (Å²) in [5.41, 5.74) is 4.08. The van der Waals surface area contributed by atoms with Crippen molar-refractivity contribution in [3.63, 3.8) is 0 Å². The van der Waals surface area contributed by atoms with Gasteiger partial charge in [-0.15, -0.1) is 0 Å². The van der Waals surface area contributed by atoms with Crippen molar-refractivity contribution in [3.8, 4) is 0 Å². The van der Waals surface area contributed by atoms with E-state index in [0.717, 1.165) is 63.9 Å². The van der Waals surface area contributed by atoms with E-state index < -0.39 is 0 Å². The average Bonchev–Trinajstić information content (AvgIpc) is 2.74. The quantitative estimate of drug-likeness (QED) is 0.145. The lowest BCUT2D eigenvalue weighted by Gasteiger charge is -2.42. The summed E-state index contributed by atoms with van der Waals surface area (Å²) >= 11 is 37.5. The number of rotatable bonds is 5. The second kappa shape index (κ2) is 14.9. The topological polar surface area (TPSA) is 6.48 Å². The van der Waals surface area contributed by atoms with E-state index in [0.29, 0.717) is 0 Å². The maximum Gasteiger partial charge on any atom is 0.0922 e. The van der Waals surface area contributed by atoms with Crippen LogP contribution in [0.1, 0.15) is 0 Å². The molecule has 4 rings (SSSR count). The summed E-state index contributed by atoms with van der Waals surface area (Å²) in [4.78, 5) is 0. The number of anilines is 4. The van der Waals surface area contributed by atoms with Crippen molar-refractivity contribution < 1.29 is 0 Å². The zero-order valence-electron chi connectivity index (χ0n) is 18.0. The molecule has 198 valence electrons. The van der Waals surface area contributed by atoms with Gasteiger partial charge >= 0.3 is 0 Å². The van der Waals surface area contributed by atoms with Crippen molar-refractivity contribution in [2.24, 2.45) is 0 Å². The number of hydrogen-bond donors (Lipinski definition) is 0. The molecule has 4 aromatic rings. The molecule has 38 heavy (non-hydrogen) atoms. The van der Waals surface area contributed by atoms with Gasteiger partial charge in [0, 0.05) is 48.3 Å². The molecule has 0 saturated carbocycles. The Kier molecular flexibility index (Phi) is 13.6. The molecule has 0 saturated heterocycles. The summed E-state index contributed by atoms with van der Waals surface area (Å²) in [7, 11) is 0. The van der Waals surface area contributed by atoms with Gasteiger partial charge in [-0.2, -0.15) is 0 Å². The van der Waals surface area contributed by atoms with E-state index in [2.05, 4.69) is 290 Å². The molecule has 0 amide bonds. The number of halogens is 12. The predicted octanol–water partition coefficient (Wildman–Crippen LogP) is 14.8. The molecule has 0 N–H and O–H groups in total. The van der Waals surface area contributed by atoms with Crippen LogP contribution < -0.4 is 10.0 Å². The van der Waals surface area contributed by atoms with Crippen LogP contribution >= 0.6 is 231 Å². The van der Waals surface area contributed by atoms with Gasteiger partial charge in [-0.3, -0.25) is 0 Å². The summed E-state index contributed by atoms with van der Waals surface area (Å²) < 4.78 is 12.6. The van der Waals surface area contributed by atoms with Crippen LogP contribution in [0.4, 0.5) is 22.7 Å². The van der Waals surface area contributed by atoms with Crippen molar-refractivity contribution >= 4 is 254 Å². The first-order valence-corrected chi connectivity index (χ1v) is 21.2. The molecular weight excluding hydrogens is 1560 g/mol. The highest BCUT2D eigenvalue weighted by atomic mass is 127. The van der Waals surface area contributed by atoms with Gasteiger partial charge in [-0.25, -0.2) is 10.0 Å². The van der Waals surface area contributed by atoms with E-state index in [9.17, 15) is 0 Å². The largest absolute Gasteiger partial charge is 0.245 e. The third-order valence-corrected chi connectivity index (χ3v) is 12.8. The molecule has 0 aliphatic carbocycles. The average molecular weight is 1570 g/mol. The van der Waals surface area contributed by atoms with Crippen LogP contribution in [0.3, 0.4) is 0 Å². The Bertz CT molecular complexity index is 1260. The highest BCUT2D eigenvalue weighted by Gasteiger charge is 2.33. The van der Waals surface area contributed by atoms with E-state index in [1.807, 2.05) is 0 Å². The SMILES string of the molecule is Brc1cc(Br)c(N(c2c(Br)cc(Br)cc2Br)N(c2c(I)cc(I)cc2I)c2c(I)cc(I)cc2I)c(Br)c1. The standard InChI is InChI=1S/C24H8Br6I6N2/c25-9-1-13(27)21(14(28)2-9)37(22-15(29)3-10(26)4-16(22)30)38(23-17(33)5-11(31)6-18(23)34)24-19(35)7-12(32)8-20(24)36/h1-8H. The number of hydrogen-bond acceptors (Lipinski definition) is 2. The molecule has 0 radical (unpaired) electrons. The molecule has 0 aromatic heterocycles. The Labute approximate surface area is 353 Å². The second-order valence-electron chi connectivity index (χ2n) is 7.50. The van der Waals surface area contributed by atoms with Crippen LogP contribution in [0, 0.1) is 21.4 Å². The van der Waals surface area contributed by atoms with Gasteiger partial charge < -0.3 is 0 Å². The molecule has 0 aliphatic heterocycles. The zero-order valence-corrected chi connectivity index (χ0v) is 40.5. The van der Waals surface area contributed by atoms with E-state index >= 15 is 0 Å². The van der Waals surface area contributed by atoms with Gasteiger partial charge in [0.25, 0.3) is 0 Å². The lowest BCUT2D eigenvalue weighted by atomic mass is 10.2. The van der Waals surface area contributed by atoms with E-state index in [4.69, 9.17) is 0 Å². The maximum absolute atomic E-state index is 3.89. The molecule has 0 bridgehead atoms. The minimum atomic E-state index is 0.927. The van der Waals surface area contributed by atoms with Crippen molar-refractivity contribution in [2.45, 2.75) is 0 Å². The lowest BCUT2D eigenvalue weighted by Crippen LogP contribution is -2.39. The predicted molar refractivity (Wildman–Crippen MR) is 233 cm³/mol. The highest BCUT2D eigenvalue weighted by Crippen LogP contribution is 2.52. The smallest absolute Gasteiger partial charge is 0.0922 e. The first-order valence-electron chi connectivity index (χ1n) is 9.98. The molecule has 0 unspecified atom stereocenters. The zero-order chi connectivity index (χ0) is 28.0. The molecule has 0 heterocycles. The summed E-state index contributed by atoms with van der Waals surface area (Å²) in [6.07, 6.45) is 0. The highest BCUT2D eigenvalue weighted by molar-refractivity contribution is 14.1. The molecule has 2 nitrogen and oxygen atoms in total. The summed E-state index contributed by atoms with van der Waals surface area (Å²) in [6.45, 7) is 0.